The lowest BCUT2D eigenvalue weighted by Gasteiger charge is -2.16. The number of para-hydroxylation sites is 4. The summed E-state index contributed by atoms with van der Waals surface area (Å²) in [6, 6.07) is 54.7. The smallest absolute Gasteiger partial charge is 0.165 e. The number of aryl methyl sites for hydroxylation is 4. The van der Waals surface area contributed by atoms with Crippen molar-refractivity contribution in [3.63, 3.8) is 0 Å². The molecule has 0 saturated heterocycles. The van der Waals surface area contributed by atoms with E-state index in [2.05, 4.69) is 175 Å². The van der Waals surface area contributed by atoms with Gasteiger partial charge in [0.05, 0.1) is 38.8 Å². The molecule has 12 rings (SSSR count). The summed E-state index contributed by atoms with van der Waals surface area (Å²) >= 11 is 0. The maximum absolute atomic E-state index is 4.92. The van der Waals surface area contributed by atoms with Gasteiger partial charge in [0.2, 0.25) is 0 Å². The minimum Gasteiger partial charge on any atom is -0.309 e. The Hall–Kier alpha value is -8.04. The van der Waals surface area contributed by atoms with E-state index in [1.165, 1.54) is 43.6 Å². The van der Waals surface area contributed by atoms with Crippen molar-refractivity contribution in [1.29, 1.82) is 0 Å². The van der Waals surface area contributed by atoms with Gasteiger partial charge in [0, 0.05) is 54.8 Å². The van der Waals surface area contributed by atoms with Crippen LogP contribution >= 0.6 is 0 Å². The third kappa shape index (κ3) is 5.40. The Bertz CT molecular complexity index is 3460. The van der Waals surface area contributed by atoms with Crippen LogP contribution in [0.4, 0.5) is 0 Å². The van der Waals surface area contributed by atoms with Crippen molar-refractivity contribution in [2.45, 2.75) is 27.7 Å². The Balaban J connectivity index is 1.18. The summed E-state index contributed by atoms with van der Waals surface area (Å²) < 4.78 is 7.13. The highest BCUT2D eigenvalue weighted by atomic mass is 15.1. The van der Waals surface area contributed by atoms with Crippen molar-refractivity contribution in [2.75, 3.05) is 0 Å². The second-order valence-corrected chi connectivity index (χ2v) is 15.7. The quantitative estimate of drug-likeness (QED) is 0.172. The van der Waals surface area contributed by atoms with Crippen molar-refractivity contribution < 1.29 is 0 Å². The van der Waals surface area contributed by atoms with Gasteiger partial charge < -0.3 is 13.7 Å². The van der Waals surface area contributed by atoms with Gasteiger partial charge in [-0.15, -0.1) is 0 Å². The monoisotopic (exact) mass is 787 g/mol. The molecular weight excluding hydrogens is 751 g/mol. The van der Waals surface area contributed by atoms with E-state index < -0.39 is 0 Å². The molecule has 0 aliphatic carbocycles. The molecule has 5 aromatic heterocycles. The molecule has 0 atom stereocenters. The SMILES string of the molecule is Cc1nc(C)nc(-c2ccc(-n3c4ccc(-n5c6ccccc6c6ccccc65)cc4c4cc(-n5c6ccccc6c6ccccc65)ccc43)c(-c3nc(C)nc(C)n3)c2)n1. The molecule has 9 heteroatoms. The summed E-state index contributed by atoms with van der Waals surface area (Å²) in [5.74, 6) is 3.83. The van der Waals surface area contributed by atoms with Crippen LogP contribution in [0.15, 0.2) is 152 Å². The Morgan fingerprint density at radius 2 is 0.689 bits per heavy atom. The highest BCUT2D eigenvalue weighted by Gasteiger charge is 2.22. The predicted octanol–water partition coefficient (Wildman–Crippen LogP) is 11.9. The first-order valence-electron chi connectivity index (χ1n) is 20.5. The molecule has 0 fully saturated rings. The van der Waals surface area contributed by atoms with Gasteiger partial charge in [-0.2, -0.15) is 0 Å². The van der Waals surface area contributed by atoms with Crippen molar-refractivity contribution >= 4 is 65.4 Å². The molecule has 9 nitrogen and oxygen atoms in total. The molecule has 0 bridgehead atoms. The summed E-state index contributed by atoms with van der Waals surface area (Å²) in [5, 5.41) is 7.16. The first-order chi connectivity index (χ1) is 29.9. The molecule has 0 amide bonds. The lowest BCUT2D eigenvalue weighted by Crippen LogP contribution is -2.05. The highest BCUT2D eigenvalue weighted by molar-refractivity contribution is 6.14. The Labute approximate surface area is 350 Å². The van der Waals surface area contributed by atoms with E-state index >= 15 is 0 Å². The fourth-order valence-electron chi connectivity index (χ4n) is 9.47. The number of rotatable bonds is 5. The summed E-state index contributed by atoms with van der Waals surface area (Å²) in [6.45, 7) is 7.61. The van der Waals surface area contributed by atoms with E-state index in [4.69, 9.17) is 19.9 Å². The molecular formula is C52H37N9. The van der Waals surface area contributed by atoms with Crippen LogP contribution in [0.2, 0.25) is 0 Å². The molecule has 5 heterocycles. The first-order valence-corrected chi connectivity index (χ1v) is 20.5. The van der Waals surface area contributed by atoms with E-state index in [0.29, 0.717) is 34.9 Å². The van der Waals surface area contributed by atoms with Crippen molar-refractivity contribution in [2.24, 2.45) is 0 Å². The van der Waals surface area contributed by atoms with E-state index in [1.54, 1.807) is 0 Å². The van der Waals surface area contributed by atoms with Gasteiger partial charge in [0.15, 0.2) is 11.6 Å². The lowest BCUT2D eigenvalue weighted by molar-refractivity contribution is 0.924. The maximum atomic E-state index is 4.92. The van der Waals surface area contributed by atoms with Crippen molar-refractivity contribution in [3.8, 4) is 39.8 Å². The van der Waals surface area contributed by atoms with E-state index in [-0.39, 0.29) is 0 Å². The zero-order chi connectivity index (χ0) is 40.9. The summed E-state index contributed by atoms with van der Waals surface area (Å²) in [7, 11) is 0. The van der Waals surface area contributed by atoms with Gasteiger partial charge in [-0.05, 0) is 107 Å². The van der Waals surface area contributed by atoms with E-state index in [1.807, 2.05) is 27.7 Å². The molecule has 0 unspecified atom stereocenters. The molecule has 0 saturated carbocycles. The van der Waals surface area contributed by atoms with Crippen molar-refractivity contribution in [1.82, 2.24) is 43.6 Å². The molecule has 0 spiro atoms. The van der Waals surface area contributed by atoms with Gasteiger partial charge in [0.1, 0.15) is 23.3 Å². The molecule has 0 aliphatic rings. The van der Waals surface area contributed by atoms with Crippen LogP contribution < -0.4 is 0 Å². The predicted molar refractivity (Wildman–Crippen MR) is 246 cm³/mol. The third-order valence-electron chi connectivity index (χ3n) is 11.9. The van der Waals surface area contributed by atoms with E-state index in [0.717, 1.165) is 50.0 Å². The number of hydrogen-bond donors (Lipinski definition) is 0. The first kappa shape index (κ1) is 35.0. The van der Waals surface area contributed by atoms with Crippen molar-refractivity contribution in [3.05, 3.63) is 175 Å². The number of hydrogen-bond acceptors (Lipinski definition) is 6. The lowest BCUT2D eigenvalue weighted by atomic mass is 10.1. The van der Waals surface area contributed by atoms with Gasteiger partial charge in [0.25, 0.3) is 0 Å². The minimum atomic E-state index is 0.586. The van der Waals surface area contributed by atoms with Crippen LogP contribution in [-0.4, -0.2) is 43.6 Å². The average molecular weight is 788 g/mol. The Kier molecular flexibility index (Phi) is 7.59. The summed E-state index contributed by atoms with van der Waals surface area (Å²) in [5.41, 5.74) is 11.6. The minimum absolute atomic E-state index is 0.586. The Morgan fingerprint density at radius 1 is 0.311 bits per heavy atom. The van der Waals surface area contributed by atoms with Gasteiger partial charge in [-0.25, -0.2) is 29.9 Å². The van der Waals surface area contributed by atoms with Crippen LogP contribution in [0.25, 0.3) is 105 Å². The largest absolute Gasteiger partial charge is 0.309 e. The molecule has 290 valence electrons. The zero-order valence-electron chi connectivity index (χ0n) is 34.0. The normalized spacial score (nSPS) is 11.9. The average Bonchev–Trinajstić information content (AvgIpc) is 3.91. The van der Waals surface area contributed by atoms with Crippen LogP contribution in [0.5, 0.6) is 0 Å². The number of benzene rings is 7. The fourth-order valence-corrected chi connectivity index (χ4v) is 9.47. The summed E-state index contributed by atoms with van der Waals surface area (Å²) in [4.78, 5) is 28.3. The molecule has 0 aliphatic heterocycles. The topological polar surface area (TPSA) is 92.1 Å². The summed E-state index contributed by atoms with van der Waals surface area (Å²) in [6.07, 6.45) is 0. The molecule has 61 heavy (non-hydrogen) atoms. The zero-order valence-corrected chi connectivity index (χ0v) is 34.0. The van der Waals surface area contributed by atoms with Crippen LogP contribution in [-0.2, 0) is 0 Å². The standard InChI is InChI=1S/C52H37N9/c1-30-53-31(2)56-51(55-30)34-21-24-50(43(27-34)52-57-32(3)54-33(4)58-52)61-48-25-22-35(59-44-17-9-5-13-37(44)38-14-6-10-18-45(38)59)28-41(48)42-29-36(23-26-49(42)61)60-46-19-11-7-15-39(46)40-16-8-12-20-47(40)60/h5-29H,1-4H3. The fraction of sp³-hybridized carbons (Fsp3) is 0.0769. The number of fused-ring (bicyclic) bond motifs is 9. The molecule has 12 aromatic rings. The molecule has 0 N–H and O–H groups in total. The Morgan fingerprint density at radius 3 is 1.11 bits per heavy atom. The second kappa shape index (κ2) is 13.2. The molecule has 0 radical (unpaired) electrons. The second-order valence-electron chi connectivity index (χ2n) is 15.7. The van der Waals surface area contributed by atoms with Crippen LogP contribution in [0.3, 0.4) is 0 Å². The number of aromatic nitrogens is 9. The third-order valence-corrected chi connectivity index (χ3v) is 11.9. The molecule has 7 aromatic carbocycles. The van der Waals surface area contributed by atoms with Gasteiger partial charge in [-0.3, -0.25) is 0 Å². The van der Waals surface area contributed by atoms with Gasteiger partial charge >= 0.3 is 0 Å². The maximum Gasteiger partial charge on any atom is 0.165 e. The van der Waals surface area contributed by atoms with E-state index in [9.17, 15) is 0 Å². The highest BCUT2D eigenvalue weighted by Crippen LogP contribution is 2.41. The van der Waals surface area contributed by atoms with Crippen LogP contribution in [0.1, 0.15) is 23.3 Å². The van der Waals surface area contributed by atoms with Crippen LogP contribution in [0, 0.1) is 27.7 Å². The number of nitrogens with zero attached hydrogens (tertiary/aromatic N) is 9. The van der Waals surface area contributed by atoms with Gasteiger partial charge in [-0.1, -0.05) is 72.8 Å².